The van der Waals surface area contributed by atoms with E-state index in [4.69, 9.17) is 0 Å². The number of halogens is 2. The Bertz CT molecular complexity index is 680. The van der Waals surface area contributed by atoms with Crippen molar-refractivity contribution < 1.29 is 8.78 Å². The third kappa shape index (κ3) is 5.53. The summed E-state index contributed by atoms with van der Waals surface area (Å²) >= 11 is 0. The van der Waals surface area contributed by atoms with E-state index in [0.717, 1.165) is 60.8 Å². The second-order valence-electron chi connectivity index (χ2n) is 11.2. The predicted molar refractivity (Wildman–Crippen MR) is 126 cm³/mol. The number of hydrogen-bond donors (Lipinski definition) is 0. The molecule has 0 saturated heterocycles. The van der Waals surface area contributed by atoms with Crippen LogP contribution < -0.4 is 0 Å². The minimum Gasteiger partial charge on any atom is -0.207 e. The zero-order chi connectivity index (χ0) is 21.8. The molecule has 4 unspecified atom stereocenters. The summed E-state index contributed by atoms with van der Waals surface area (Å²) in [5, 5.41) is 0. The van der Waals surface area contributed by atoms with Crippen molar-refractivity contribution in [3.63, 3.8) is 0 Å². The van der Waals surface area contributed by atoms with E-state index in [1.165, 1.54) is 64.2 Å². The molecule has 0 amide bonds. The molecule has 1 aromatic rings. The lowest BCUT2D eigenvalue weighted by Gasteiger charge is -2.45. The van der Waals surface area contributed by atoms with E-state index < -0.39 is 0 Å². The Labute approximate surface area is 189 Å². The third-order valence-corrected chi connectivity index (χ3v) is 9.32. The smallest absolute Gasteiger partial charge is 0.129 e. The second kappa shape index (κ2) is 10.8. The van der Waals surface area contributed by atoms with Gasteiger partial charge in [-0.25, -0.2) is 8.78 Å². The minimum absolute atomic E-state index is 0.299. The van der Waals surface area contributed by atoms with E-state index in [9.17, 15) is 8.78 Å². The van der Waals surface area contributed by atoms with Crippen LogP contribution in [0.15, 0.2) is 12.1 Å². The Balaban J connectivity index is 1.32. The molecule has 0 aliphatic heterocycles. The first-order chi connectivity index (χ1) is 15.1. The van der Waals surface area contributed by atoms with Gasteiger partial charge in [0, 0.05) is 5.56 Å². The normalized spacial score (nSPS) is 33.8. The Morgan fingerprint density at radius 1 is 0.710 bits per heavy atom. The van der Waals surface area contributed by atoms with Crippen molar-refractivity contribution in [3.8, 4) is 0 Å². The molecule has 3 aliphatic rings. The topological polar surface area (TPSA) is 0 Å². The first-order valence-electron chi connectivity index (χ1n) is 13.6. The lowest BCUT2D eigenvalue weighted by Crippen LogP contribution is -2.34. The predicted octanol–water partition coefficient (Wildman–Crippen LogP) is 9.21. The maximum Gasteiger partial charge on any atom is 0.129 e. The Kier molecular flexibility index (Phi) is 8.10. The Morgan fingerprint density at radius 2 is 1.29 bits per heavy atom. The van der Waals surface area contributed by atoms with Gasteiger partial charge in [-0.15, -0.1) is 0 Å². The molecule has 0 spiro atoms. The highest BCUT2D eigenvalue weighted by Crippen LogP contribution is 2.51. The van der Waals surface area contributed by atoms with Gasteiger partial charge in [0.05, 0.1) is 0 Å². The Morgan fingerprint density at radius 3 is 1.94 bits per heavy atom. The highest BCUT2D eigenvalue weighted by atomic mass is 19.1. The molecule has 0 radical (unpaired) electrons. The molecule has 0 aromatic heterocycles. The van der Waals surface area contributed by atoms with E-state index >= 15 is 0 Å². The largest absolute Gasteiger partial charge is 0.207 e. The molecule has 3 fully saturated rings. The van der Waals surface area contributed by atoms with Gasteiger partial charge in [-0.1, -0.05) is 46.0 Å². The summed E-state index contributed by atoms with van der Waals surface area (Å²) in [5.41, 5.74) is 1.22. The van der Waals surface area contributed by atoms with Crippen LogP contribution in [0.25, 0.3) is 0 Å². The molecule has 3 saturated carbocycles. The summed E-state index contributed by atoms with van der Waals surface area (Å²) in [4.78, 5) is 0. The molecular weight excluding hydrogens is 386 g/mol. The van der Waals surface area contributed by atoms with Gasteiger partial charge in [0.1, 0.15) is 11.6 Å². The molecule has 3 aliphatic carbocycles. The number of unbranched alkanes of at least 4 members (excludes halogenated alkanes) is 1. The highest BCUT2D eigenvalue weighted by Gasteiger charge is 2.39. The lowest BCUT2D eigenvalue weighted by molar-refractivity contribution is 0.0711. The second-order valence-corrected chi connectivity index (χ2v) is 11.2. The van der Waals surface area contributed by atoms with Crippen LogP contribution in [0.5, 0.6) is 0 Å². The van der Waals surface area contributed by atoms with Crippen molar-refractivity contribution in [2.75, 3.05) is 0 Å². The third-order valence-electron chi connectivity index (χ3n) is 9.32. The zero-order valence-corrected chi connectivity index (χ0v) is 20.0. The zero-order valence-electron chi connectivity index (χ0n) is 20.0. The molecular formula is C29H44F2. The van der Waals surface area contributed by atoms with Gasteiger partial charge in [0.15, 0.2) is 0 Å². The summed E-state index contributed by atoms with van der Waals surface area (Å²) in [6.07, 6.45) is 18.7. The minimum atomic E-state index is -0.312. The highest BCUT2D eigenvalue weighted by molar-refractivity contribution is 5.29. The van der Waals surface area contributed by atoms with Crippen molar-refractivity contribution in [1.29, 1.82) is 0 Å². The van der Waals surface area contributed by atoms with Crippen molar-refractivity contribution in [3.05, 3.63) is 34.9 Å². The average molecular weight is 431 g/mol. The summed E-state index contributed by atoms with van der Waals surface area (Å²) in [6, 6.07) is 3.33. The number of fused-ring (bicyclic) bond motifs is 1. The van der Waals surface area contributed by atoms with Gasteiger partial charge in [0.25, 0.3) is 0 Å². The van der Waals surface area contributed by atoms with Crippen LogP contribution in [0, 0.1) is 41.2 Å². The van der Waals surface area contributed by atoms with Crippen LogP contribution in [-0.2, 0) is 6.42 Å². The maximum absolute atomic E-state index is 14.6. The molecule has 31 heavy (non-hydrogen) atoms. The van der Waals surface area contributed by atoms with E-state index in [2.05, 4.69) is 13.8 Å². The van der Waals surface area contributed by atoms with E-state index in [1.54, 1.807) is 12.1 Å². The standard InChI is InChI=1S/C29H44F2/c1-3-5-7-27-28(30)18-26(19-29(27)31)25-15-14-23-16-22(12-13-24(23)17-25)21-10-8-20(6-4-2)9-11-21/h18-25H,3-17H2,1-2H3. The molecule has 1 aromatic carbocycles. The number of hydrogen-bond acceptors (Lipinski definition) is 0. The monoisotopic (exact) mass is 430 g/mol. The van der Waals surface area contributed by atoms with E-state index in [1.807, 2.05) is 0 Å². The van der Waals surface area contributed by atoms with E-state index in [-0.39, 0.29) is 11.6 Å². The van der Waals surface area contributed by atoms with Crippen LogP contribution in [0.4, 0.5) is 8.78 Å². The van der Waals surface area contributed by atoms with Gasteiger partial charge in [-0.05, 0) is 117 Å². The Hall–Kier alpha value is -0.920. The average Bonchev–Trinajstić information content (AvgIpc) is 2.78. The van der Waals surface area contributed by atoms with Gasteiger partial charge < -0.3 is 0 Å². The van der Waals surface area contributed by atoms with Gasteiger partial charge >= 0.3 is 0 Å². The van der Waals surface area contributed by atoms with Crippen molar-refractivity contribution in [2.45, 2.75) is 116 Å². The molecule has 4 atom stereocenters. The molecule has 0 N–H and O–H groups in total. The van der Waals surface area contributed by atoms with Crippen LogP contribution in [0.1, 0.15) is 121 Å². The summed E-state index contributed by atoms with van der Waals surface area (Å²) in [6.45, 7) is 4.39. The van der Waals surface area contributed by atoms with E-state index in [0.29, 0.717) is 17.9 Å². The fraction of sp³-hybridized carbons (Fsp3) is 0.793. The maximum atomic E-state index is 14.6. The van der Waals surface area contributed by atoms with Crippen molar-refractivity contribution in [2.24, 2.45) is 29.6 Å². The van der Waals surface area contributed by atoms with Gasteiger partial charge in [-0.2, -0.15) is 0 Å². The first kappa shape index (κ1) is 23.2. The van der Waals surface area contributed by atoms with Crippen LogP contribution in [0.2, 0.25) is 0 Å². The number of rotatable bonds is 7. The molecule has 2 heteroatoms. The van der Waals surface area contributed by atoms with Gasteiger partial charge in [0.2, 0.25) is 0 Å². The summed E-state index contributed by atoms with van der Waals surface area (Å²) in [7, 11) is 0. The van der Waals surface area contributed by atoms with Crippen molar-refractivity contribution >= 4 is 0 Å². The van der Waals surface area contributed by atoms with Crippen molar-refractivity contribution in [1.82, 2.24) is 0 Å². The summed E-state index contributed by atoms with van der Waals surface area (Å²) in [5.74, 6) is 4.30. The fourth-order valence-corrected chi connectivity index (χ4v) is 7.46. The molecule has 174 valence electrons. The van der Waals surface area contributed by atoms with Crippen LogP contribution in [-0.4, -0.2) is 0 Å². The quantitative estimate of drug-likeness (QED) is 0.404. The molecule has 0 nitrogen and oxygen atoms in total. The number of benzene rings is 1. The molecule has 0 heterocycles. The SMILES string of the molecule is CCCCc1c(F)cc(C2CCC3CC(C4CCC(CCC)CC4)CCC3C2)cc1F. The lowest BCUT2D eigenvalue weighted by atomic mass is 9.60. The molecule has 0 bridgehead atoms. The summed E-state index contributed by atoms with van der Waals surface area (Å²) < 4.78 is 29.2. The van der Waals surface area contributed by atoms with Crippen LogP contribution >= 0.6 is 0 Å². The first-order valence-corrected chi connectivity index (χ1v) is 13.6. The van der Waals surface area contributed by atoms with Gasteiger partial charge in [-0.3, -0.25) is 0 Å². The fourth-order valence-electron chi connectivity index (χ4n) is 7.46. The molecule has 4 rings (SSSR count). The van der Waals surface area contributed by atoms with Crippen LogP contribution in [0.3, 0.4) is 0 Å².